The van der Waals surface area contributed by atoms with Crippen LogP contribution in [-0.2, 0) is 6.42 Å². The van der Waals surface area contributed by atoms with E-state index in [1.54, 1.807) is 0 Å². The van der Waals surface area contributed by atoms with Gasteiger partial charge in [0.2, 0.25) is 0 Å². The van der Waals surface area contributed by atoms with E-state index in [4.69, 9.17) is 10.8 Å². The zero-order valence-electron chi connectivity index (χ0n) is 8.61. The van der Waals surface area contributed by atoms with E-state index in [1.165, 1.54) is 5.56 Å². The van der Waals surface area contributed by atoms with E-state index in [-0.39, 0.29) is 6.61 Å². The van der Waals surface area contributed by atoms with Crippen molar-refractivity contribution in [2.24, 2.45) is 0 Å². The average Bonchev–Trinajstić information content (AvgIpc) is 2.15. The molecule has 0 saturated heterocycles. The van der Waals surface area contributed by atoms with Crippen molar-refractivity contribution in [2.75, 3.05) is 32.5 Å². The number of aliphatic hydroxyl groups excluding tert-OH is 1. The lowest BCUT2D eigenvalue weighted by Gasteiger charge is -2.14. The third kappa shape index (κ3) is 3.77. The number of nitrogens with two attached hydrogens (primary N) is 1. The molecule has 0 aromatic heterocycles. The summed E-state index contributed by atoms with van der Waals surface area (Å²) in [6.07, 6.45) is 0.974. The fourth-order valence-electron chi connectivity index (χ4n) is 1.35. The maximum Gasteiger partial charge on any atom is 0.0558 e. The molecular formula is C11H18N2O. The molecule has 0 heterocycles. The van der Waals surface area contributed by atoms with Crippen LogP contribution in [0, 0.1) is 0 Å². The maximum atomic E-state index is 8.72. The van der Waals surface area contributed by atoms with E-state index in [9.17, 15) is 0 Å². The molecule has 1 aromatic rings. The zero-order valence-corrected chi connectivity index (χ0v) is 8.61. The van der Waals surface area contributed by atoms with Gasteiger partial charge in [0.15, 0.2) is 0 Å². The second kappa shape index (κ2) is 5.62. The molecule has 0 atom stereocenters. The van der Waals surface area contributed by atoms with Gasteiger partial charge in [-0.25, -0.2) is 0 Å². The molecule has 3 nitrogen and oxygen atoms in total. The molecule has 3 heteroatoms. The smallest absolute Gasteiger partial charge is 0.0558 e. The summed E-state index contributed by atoms with van der Waals surface area (Å²) in [7, 11) is 2.00. The number of benzene rings is 1. The number of nitrogens with zero attached hydrogens (tertiary/aromatic N) is 1. The van der Waals surface area contributed by atoms with Crippen molar-refractivity contribution < 1.29 is 5.11 Å². The van der Waals surface area contributed by atoms with E-state index >= 15 is 0 Å². The van der Waals surface area contributed by atoms with E-state index in [0.717, 1.165) is 25.2 Å². The minimum Gasteiger partial charge on any atom is -0.399 e. The molecule has 1 rings (SSSR count). The molecule has 78 valence electrons. The predicted molar refractivity (Wildman–Crippen MR) is 59.1 cm³/mol. The van der Waals surface area contributed by atoms with Crippen LogP contribution >= 0.6 is 0 Å². The largest absolute Gasteiger partial charge is 0.399 e. The molecule has 0 aliphatic rings. The van der Waals surface area contributed by atoms with Crippen LogP contribution in [0.2, 0.25) is 0 Å². The highest BCUT2D eigenvalue weighted by Crippen LogP contribution is 2.07. The molecule has 0 radical (unpaired) electrons. The molecule has 3 N–H and O–H groups in total. The topological polar surface area (TPSA) is 49.5 Å². The van der Waals surface area contributed by atoms with Gasteiger partial charge < -0.3 is 15.7 Å². The van der Waals surface area contributed by atoms with Gasteiger partial charge in [-0.2, -0.15) is 0 Å². The average molecular weight is 194 g/mol. The lowest BCUT2D eigenvalue weighted by molar-refractivity contribution is 0.223. The van der Waals surface area contributed by atoms with E-state index in [0.29, 0.717) is 0 Å². The van der Waals surface area contributed by atoms with Crippen molar-refractivity contribution >= 4 is 5.69 Å². The first-order valence-electron chi connectivity index (χ1n) is 4.86. The van der Waals surface area contributed by atoms with Crippen LogP contribution in [0.4, 0.5) is 5.69 Å². The highest BCUT2D eigenvalue weighted by atomic mass is 16.3. The Bertz CT molecular complexity index is 276. The molecule has 1 aromatic carbocycles. The predicted octanol–water partition coefficient (Wildman–Crippen LogP) is 0.735. The Morgan fingerprint density at radius 3 is 2.79 bits per heavy atom. The number of hydrogen-bond acceptors (Lipinski definition) is 3. The van der Waals surface area contributed by atoms with Gasteiger partial charge in [0.05, 0.1) is 6.61 Å². The zero-order chi connectivity index (χ0) is 10.4. The monoisotopic (exact) mass is 194 g/mol. The Hall–Kier alpha value is -1.06. The molecular weight excluding hydrogens is 176 g/mol. The number of aliphatic hydroxyl groups is 1. The maximum absolute atomic E-state index is 8.72. The normalized spacial score (nSPS) is 10.8. The first-order valence-corrected chi connectivity index (χ1v) is 4.86. The summed E-state index contributed by atoms with van der Waals surface area (Å²) in [5.41, 5.74) is 7.73. The van der Waals surface area contributed by atoms with Crippen molar-refractivity contribution in [3.8, 4) is 0 Å². The number of anilines is 1. The third-order valence-corrected chi connectivity index (χ3v) is 2.21. The van der Waals surface area contributed by atoms with E-state index in [2.05, 4.69) is 11.0 Å². The van der Waals surface area contributed by atoms with Gasteiger partial charge in [0.25, 0.3) is 0 Å². The lowest BCUT2D eigenvalue weighted by atomic mass is 10.1. The van der Waals surface area contributed by atoms with Gasteiger partial charge in [-0.05, 0) is 31.2 Å². The molecule has 0 saturated carbocycles. The van der Waals surface area contributed by atoms with Gasteiger partial charge in [-0.1, -0.05) is 12.1 Å². The summed E-state index contributed by atoms with van der Waals surface area (Å²) >= 11 is 0. The quantitative estimate of drug-likeness (QED) is 0.680. The standard InChI is InChI=1S/C11H18N2O/c1-13(7-8-14)6-5-10-3-2-4-11(12)9-10/h2-4,9,14H,5-8,12H2,1H3. The van der Waals surface area contributed by atoms with Crippen molar-refractivity contribution in [2.45, 2.75) is 6.42 Å². The van der Waals surface area contributed by atoms with Crippen LogP contribution in [0.1, 0.15) is 5.56 Å². The summed E-state index contributed by atoms with van der Waals surface area (Å²) in [5, 5.41) is 8.72. The summed E-state index contributed by atoms with van der Waals surface area (Å²) in [5.74, 6) is 0. The van der Waals surface area contributed by atoms with Gasteiger partial charge >= 0.3 is 0 Å². The van der Waals surface area contributed by atoms with Crippen molar-refractivity contribution in [3.63, 3.8) is 0 Å². The summed E-state index contributed by atoms with van der Waals surface area (Å²) in [6, 6.07) is 7.92. The molecule has 0 spiro atoms. The van der Waals surface area contributed by atoms with E-state index in [1.807, 2.05) is 25.2 Å². The summed E-state index contributed by atoms with van der Waals surface area (Å²) < 4.78 is 0. The second-order valence-corrected chi connectivity index (χ2v) is 3.52. The lowest BCUT2D eigenvalue weighted by Crippen LogP contribution is -2.24. The van der Waals surface area contributed by atoms with Gasteiger partial charge in [-0.15, -0.1) is 0 Å². The minimum absolute atomic E-state index is 0.216. The van der Waals surface area contributed by atoms with Crippen LogP contribution in [0.5, 0.6) is 0 Å². The van der Waals surface area contributed by atoms with Crippen molar-refractivity contribution in [1.82, 2.24) is 4.90 Å². The van der Waals surface area contributed by atoms with Crippen LogP contribution in [0.15, 0.2) is 24.3 Å². The minimum atomic E-state index is 0.216. The molecule has 14 heavy (non-hydrogen) atoms. The molecule has 0 fully saturated rings. The highest BCUT2D eigenvalue weighted by Gasteiger charge is 1.98. The Kier molecular flexibility index (Phi) is 4.43. The molecule has 0 unspecified atom stereocenters. The Balaban J connectivity index is 2.37. The highest BCUT2D eigenvalue weighted by molar-refractivity contribution is 5.40. The molecule has 0 bridgehead atoms. The van der Waals surface area contributed by atoms with Crippen LogP contribution < -0.4 is 5.73 Å². The first-order chi connectivity index (χ1) is 6.72. The number of rotatable bonds is 5. The van der Waals surface area contributed by atoms with Gasteiger partial charge in [0, 0.05) is 18.8 Å². The van der Waals surface area contributed by atoms with Crippen molar-refractivity contribution in [1.29, 1.82) is 0 Å². The fourth-order valence-corrected chi connectivity index (χ4v) is 1.35. The Labute approximate surface area is 85.2 Å². The third-order valence-electron chi connectivity index (χ3n) is 2.21. The fraction of sp³-hybridized carbons (Fsp3) is 0.455. The summed E-state index contributed by atoms with van der Waals surface area (Å²) in [6.45, 7) is 1.89. The van der Waals surface area contributed by atoms with Crippen LogP contribution in [-0.4, -0.2) is 36.8 Å². The first kappa shape index (κ1) is 11.0. The van der Waals surface area contributed by atoms with Gasteiger partial charge in [0.1, 0.15) is 0 Å². The SMILES string of the molecule is CN(CCO)CCc1cccc(N)c1. The Morgan fingerprint density at radius 2 is 2.14 bits per heavy atom. The van der Waals surface area contributed by atoms with Crippen LogP contribution in [0.25, 0.3) is 0 Å². The molecule has 0 aliphatic heterocycles. The van der Waals surface area contributed by atoms with Gasteiger partial charge in [-0.3, -0.25) is 0 Å². The number of nitrogen functional groups attached to an aromatic ring is 1. The molecule has 0 aliphatic carbocycles. The Morgan fingerprint density at radius 1 is 1.36 bits per heavy atom. The van der Waals surface area contributed by atoms with Crippen LogP contribution in [0.3, 0.4) is 0 Å². The van der Waals surface area contributed by atoms with Crippen molar-refractivity contribution in [3.05, 3.63) is 29.8 Å². The number of hydrogen-bond donors (Lipinski definition) is 2. The summed E-state index contributed by atoms with van der Waals surface area (Å²) in [4.78, 5) is 2.10. The number of likely N-dealkylation sites (N-methyl/N-ethyl adjacent to an activating group) is 1. The molecule has 0 amide bonds. The second-order valence-electron chi connectivity index (χ2n) is 3.52. The van der Waals surface area contributed by atoms with E-state index < -0.39 is 0 Å².